The zero-order valence-electron chi connectivity index (χ0n) is 21.0. The van der Waals surface area contributed by atoms with E-state index in [9.17, 15) is 4.79 Å². The average molecular weight is 473 g/mol. The summed E-state index contributed by atoms with van der Waals surface area (Å²) < 4.78 is 11.3. The van der Waals surface area contributed by atoms with Gasteiger partial charge in [-0.25, -0.2) is 0 Å². The maximum Gasteiger partial charge on any atom is 0.253 e. The molecule has 4 rings (SSSR count). The van der Waals surface area contributed by atoms with Gasteiger partial charge in [-0.3, -0.25) is 9.69 Å². The molecule has 1 amide bonds. The Kier molecular flexibility index (Phi) is 8.56. The Labute approximate surface area is 209 Å². The average Bonchev–Trinajstić information content (AvgIpc) is 2.90. The van der Waals surface area contributed by atoms with Crippen LogP contribution in [0, 0.1) is 5.92 Å². The van der Waals surface area contributed by atoms with E-state index in [1.807, 2.05) is 23.1 Å². The van der Waals surface area contributed by atoms with Crippen LogP contribution in [0.1, 0.15) is 46.9 Å². The molecule has 0 saturated carbocycles. The molecule has 5 heteroatoms. The molecule has 0 bridgehead atoms. The van der Waals surface area contributed by atoms with E-state index in [2.05, 4.69) is 79.4 Å². The summed E-state index contributed by atoms with van der Waals surface area (Å²) in [6, 6.07) is 27.1. The molecule has 0 atom stereocenters. The number of benzene rings is 3. The zero-order chi connectivity index (χ0) is 24.6. The Morgan fingerprint density at radius 1 is 0.857 bits per heavy atom. The van der Waals surface area contributed by atoms with Gasteiger partial charge in [-0.2, -0.15) is 0 Å². The van der Waals surface area contributed by atoms with Gasteiger partial charge in [-0.1, -0.05) is 74.5 Å². The number of hydrogen-bond acceptors (Lipinski definition) is 4. The van der Waals surface area contributed by atoms with Crippen LogP contribution in [-0.4, -0.2) is 55.6 Å². The van der Waals surface area contributed by atoms with Crippen molar-refractivity contribution in [2.75, 3.05) is 39.9 Å². The number of methoxy groups -OCH3 is 1. The lowest BCUT2D eigenvalue weighted by molar-refractivity contribution is 0.0596. The van der Waals surface area contributed by atoms with Crippen molar-refractivity contribution >= 4 is 5.91 Å². The molecule has 5 nitrogen and oxygen atoms in total. The molecule has 3 aromatic carbocycles. The Balaban J connectivity index is 1.45. The van der Waals surface area contributed by atoms with Crippen LogP contribution in [0.5, 0.6) is 5.75 Å². The molecular formula is C30H36N2O3. The fourth-order valence-electron chi connectivity index (χ4n) is 4.68. The molecule has 0 N–H and O–H groups in total. The summed E-state index contributed by atoms with van der Waals surface area (Å²) in [5.41, 5.74) is 4.15. The van der Waals surface area contributed by atoms with E-state index in [1.54, 1.807) is 7.11 Å². The second-order valence-electron chi connectivity index (χ2n) is 9.49. The number of nitrogens with zero attached hydrogens (tertiary/aromatic N) is 2. The van der Waals surface area contributed by atoms with E-state index in [0.717, 1.165) is 24.4 Å². The van der Waals surface area contributed by atoms with Crippen LogP contribution in [0.15, 0.2) is 78.9 Å². The highest BCUT2D eigenvalue weighted by atomic mass is 16.5. The van der Waals surface area contributed by atoms with Gasteiger partial charge in [0.15, 0.2) is 0 Å². The third-order valence-corrected chi connectivity index (χ3v) is 6.43. The Bertz CT molecular complexity index is 1040. The van der Waals surface area contributed by atoms with Crippen LogP contribution in [-0.2, 0) is 11.3 Å². The molecule has 1 saturated heterocycles. The van der Waals surface area contributed by atoms with Gasteiger partial charge in [0.25, 0.3) is 5.91 Å². The van der Waals surface area contributed by atoms with Crippen molar-refractivity contribution in [2.45, 2.75) is 26.5 Å². The van der Waals surface area contributed by atoms with Crippen LogP contribution >= 0.6 is 0 Å². The van der Waals surface area contributed by atoms with E-state index in [-0.39, 0.29) is 11.9 Å². The molecule has 184 valence electrons. The van der Waals surface area contributed by atoms with E-state index in [4.69, 9.17) is 9.47 Å². The summed E-state index contributed by atoms with van der Waals surface area (Å²) in [7, 11) is 1.65. The summed E-state index contributed by atoms with van der Waals surface area (Å²) >= 11 is 0. The van der Waals surface area contributed by atoms with Crippen molar-refractivity contribution in [3.8, 4) is 5.75 Å². The van der Waals surface area contributed by atoms with Gasteiger partial charge >= 0.3 is 0 Å². The summed E-state index contributed by atoms with van der Waals surface area (Å²) in [5, 5.41) is 0. The van der Waals surface area contributed by atoms with Gasteiger partial charge in [0, 0.05) is 43.9 Å². The Hall–Kier alpha value is -3.15. The molecular weight excluding hydrogens is 436 g/mol. The molecule has 1 fully saturated rings. The van der Waals surface area contributed by atoms with Gasteiger partial charge in [0.05, 0.1) is 19.8 Å². The fourth-order valence-corrected chi connectivity index (χ4v) is 4.68. The minimum atomic E-state index is 0.0633. The minimum Gasteiger partial charge on any atom is -0.496 e. The van der Waals surface area contributed by atoms with Gasteiger partial charge in [0.1, 0.15) is 5.75 Å². The molecule has 1 aliphatic heterocycles. The monoisotopic (exact) mass is 472 g/mol. The SMILES string of the molecule is COc1ccc(C(=O)N2CCN(C(c3ccccc3)c3ccccc3)CC2)cc1COCC(C)C. The van der Waals surface area contributed by atoms with E-state index < -0.39 is 0 Å². The lowest BCUT2D eigenvalue weighted by atomic mass is 9.96. The predicted octanol–water partition coefficient (Wildman–Crippen LogP) is 5.42. The molecule has 35 heavy (non-hydrogen) atoms. The first-order chi connectivity index (χ1) is 17.1. The third kappa shape index (κ3) is 6.30. The minimum absolute atomic E-state index is 0.0633. The number of hydrogen-bond donors (Lipinski definition) is 0. The van der Waals surface area contributed by atoms with Crippen molar-refractivity contribution in [1.82, 2.24) is 9.80 Å². The van der Waals surface area contributed by atoms with Gasteiger partial charge in [-0.05, 0) is 35.2 Å². The summed E-state index contributed by atoms with van der Waals surface area (Å²) in [6.45, 7) is 8.38. The first-order valence-electron chi connectivity index (χ1n) is 12.4. The molecule has 3 aromatic rings. The summed E-state index contributed by atoms with van der Waals surface area (Å²) in [6.07, 6.45) is 0. The number of amides is 1. The number of ether oxygens (including phenoxy) is 2. The van der Waals surface area contributed by atoms with E-state index in [0.29, 0.717) is 37.8 Å². The Morgan fingerprint density at radius 3 is 2.00 bits per heavy atom. The molecule has 0 radical (unpaired) electrons. The van der Waals surface area contributed by atoms with Crippen LogP contribution in [0.25, 0.3) is 0 Å². The highest BCUT2D eigenvalue weighted by molar-refractivity contribution is 5.94. The molecule has 0 aliphatic carbocycles. The zero-order valence-corrected chi connectivity index (χ0v) is 21.0. The standard InChI is InChI=1S/C30H36N2O3/c1-23(2)21-35-22-27-20-26(14-15-28(27)34-3)30(33)32-18-16-31(17-19-32)29(24-10-6-4-7-11-24)25-12-8-5-9-13-25/h4-15,20,23,29H,16-19,21-22H2,1-3H3. The highest BCUT2D eigenvalue weighted by Gasteiger charge is 2.28. The Morgan fingerprint density at radius 2 is 1.46 bits per heavy atom. The maximum absolute atomic E-state index is 13.4. The first-order valence-corrected chi connectivity index (χ1v) is 12.4. The fraction of sp³-hybridized carbons (Fsp3) is 0.367. The lowest BCUT2D eigenvalue weighted by Gasteiger charge is -2.40. The van der Waals surface area contributed by atoms with Crippen LogP contribution < -0.4 is 4.74 Å². The largest absolute Gasteiger partial charge is 0.496 e. The molecule has 0 unspecified atom stereocenters. The molecule has 0 spiro atoms. The lowest BCUT2D eigenvalue weighted by Crippen LogP contribution is -2.49. The summed E-state index contributed by atoms with van der Waals surface area (Å²) in [4.78, 5) is 17.8. The normalized spacial score (nSPS) is 14.5. The van der Waals surface area contributed by atoms with Crippen molar-refractivity contribution in [3.05, 3.63) is 101 Å². The molecule has 0 aromatic heterocycles. The second kappa shape index (κ2) is 12.0. The maximum atomic E-state index is 13.4. The van der Waals surface area contributed by atoms with E-state index in [1.165, 1.54) is 11.1 Å². The van der Waals surface area contributed by atoms with Gasteiger partial charge in [0.2, 0.25) is 0 Å². The van der Waals surface area contributed by atoms with Gasteiger partial charge < -0.3 is 14.4 Å². The topological polar surface area (TPSA) is 42.0 Å². The number of piperazine rings is 1. The molecule has 1 aliphatic rings. The molecule has 1 heterocycles. The highest BCUT2D eigenvalue weighted by Crippen LogP contribution is 2.30. The van der Waals surface area contributed by atoms with Crippen molar-refractivity contribution < 1.29 is 14.3 Å². The quantitative estimate of drug-likeness (QED) is 0.417. The van der Waals surface area contributed by atoms with Crippen LogP contribution in [0.2, 0.25) is 0 Å². The predicted molar refractivity (Wildman–Crippen MR) is 140 cm³/mol. The third-order valence-electron chi connectivity index (χ3n) is 6.43. The van der Waals surface area contributed by atoms with E-state index >= 15 is 0 Å². The number of carbonyl (C=O) groups is 1. The van der Waals surface area contributed by atoms with Crippen molar-refractivity contribution in [3.63, 3.8) is 0 Å². The van der Waals surface area contributed by atoms with Gasteiger partial charge in [-0.15, -0.1) is 0 Å². The number of rotatable bonds is 9. The van der Waals surface area contributed by atoms with Crippen molar-refractivity contribution in [2.24, 2.45) is 5.92 Å². The first kappa shape index (κ1) is 25.0. The smallest absolute Gasteiger partial charge is 0.253 e. The second-order valence-corrected chi connectivity index (χ2v) is 9.49. The van der Waals surface area contributed by atoms with Crippen LogP contribution in [0.3, 0.4) is 0 Å². The summed E-state index contributed by atoms with van der Waals surface area (Å²) in [5.74, 6) is 1.27. The van der Waals surface area contributed by atoms with Crippen LogP contribution in [0.4, 0.5) is 0 Å². The number of carbonyl (C=O) groups excluding carboxylic acids is 1. The van der Waals surface area contributed by atoms with Crippen molar-refractivity contribution in [1.29, 1.82) is 0 Å².